The number of ether oxygens (including phenoxy) is 2. The van der Waals surface area contributed by atoms with Crippen molar-refractivity contribution >= 4 is 0 Å². The Labute approximate surface area is 180 Å². The fourth-order valence-corrected chi connectivity index (χ4v) is 3.49. The van der Waals surface area contributed by atoms with Crippen LogP contribution in [0.4, 0.5) is 0 Å². The number of hydrogen-bond acceptors (Lipinski definition) is 3. The number of rotatable bonds is 19. The molecular weight excluding hydrogens is 358 g/mol. The minimum atomic E-state index is 0.205. The molecule has 0 saturated carbocycles. The Kier molecular flexibility index (Phi) is 15.7. The lowest BCUT2D eigenvalue weighted by molar-refractivity contribution is 0.258. The van der Waals surface area contributed by atoms with Crippen LogP contribution < -0.4 is 15.2 Å². The highest BCUT2D eigenvalue weighted by atomic mass is 16.5. The molecule has 1 atom stereocenters. The lowest BCUT2D eigenvalue weighted by atomic mass is 10.0. The Morgan fingerprint density at radius 2 is 1.21 bits per heavy atom. The van der Waals surface area contributed by atoms with Crippen LogP contribution in [0.5, 0.6) is 11.5 Å². The first-order chi connectivity index (χ1) is 14.2. The molecule has 0 heterocycles. The van der Waals surface area contributed by atoms with Crippen molar-refractivity contribution in [3.05, 3.63) is 23.8 Å². The molecule has 168 valence electrons. The first-order valence-corrected chi connectivity index (χ1v) is 12.3. The molecule has 0 aliphatic heterocycles. The van der Waals surface area contributed by atoms with Gasteiger partial charge < -0.3 is 15.2 Å². The van der Waals surface area contributed by atoms with E-state index in [2.05, 4.69) is 39.0 Å². The Morgan fingerprint density at radius 3 is 1.76 bits per heavy atom. The maximum atomic E-state index is 6.15. The first-order valence-electron chi connectivity index (χ1n) is 12.3. The molecule has 0 amide bonds. The van der Waals surface area contributed by atoms with E-state index in [1.807, 2.05) is 0 Å². The van der Waals surface area contributed by atoms with Gasteiger partial charge in [-0.3, -0.25) is 0 Å². The van der Waals surface area contributed by atoms with Crippen molar-refractivity contribution in [3.63, 3.8) is 0 Å². The Balaban J connectivity index is 2.49. The van der Waals surface area contributed by atoms with E-state index >= 15 is 0 Å². The molecule has 0 aliphatic rings. The van der Waals surface area contributed by atoms with Crippen LogP contribution >= 0.6 is 0 Å². The third-order valence-electron chi connectivity index (χ3n) is 5.54. The molecule has 3 heteroatoms. The van der Waals surface area contributed by atoms with E-state index in [0.29, 0.717) is 0 Å². The predicted octanol–water partition coefficient (Wildman–Crippen LogP) is 7.45. The molecule has 1 aromatic carbocycles. The molecule has 0 spiro atoms. The molecule has 0 bridgehead atoms. The quantitative estimate of drug-likeness (QED) is 0.243. The lowest BCUT2D eigenvalue weighted by Crippen LogP contribution is -2.21. The molecule has 0 aromatic heterocycles. The Morgan fingerprint density at radius 1 is 0.690 bits per heavy atom. The second-order valence-electron chi connectivity index (χ2n) is 8.39. The minimum absolute atomic E-state index is 0.205. The molecule has 0 saturated heterocycles. The van der Waals surface area contributed by atoms with Crippen LogP contribution in [0.2, 0.25) is 0 Å². The van der Waals surface area contributed by atoms with Gasteiger partial charge in [-0.05, 0) is 43.4 Å². The number of benzene rings is 1. The van der Waals surface area contributed by atoms with E-state index in [9.17, 15) is 0 Å². The van der Waals surface area contributed by atoms with Gasteiger partial charge in [0.15, 0.2) is 11.5 Å². The molecule has 0 radical (unpaired) electrons. The van der Waals surface area contributed by atoms with Crippen molar-refractivity contribution in [1.82, 2.24) is 0 Å². The third-order valence-corrected chi connectivity index (χ3v) is 5.54. The Hall–Kier alpha value is -1.22. The smallest absolute Gasteiger partial charge is 0.161 e. The molecule has 0 aliphatic carbocycles. The monoisotopic (exact) mass is 405 g/mol. The fourth-order valence-electron chi connectivity index (χ4n) is 3.49. The maximum Gasteiger partial charge on any atom is 0.161 e. The van der Waals surface area contributed by atoms with Crippen LogP contribution in [0.3, 0.4) is 0 Å². The zero-order valence-corrected chi connectivity index (χ0v) is 19.5. The summed E-state index contributed by atoms with van der Waals surface area (Å²) < 4.78 is 12.2. The van der Waals surface area contributed by atoms with Crippen LogP contribution in [0.1, 0.15) is 110 Å². The van der Waals surface area contributed by atoms with E-state index in [1.54, 1.807) is 0 Å². The second kappa shape index (κ2) is 17.6. The molecule has 29 heavy (non-hydrogen) atoms. The molecule has 1 unspecified atom stereocenters. The number of hydrogen-bond donors (Lipinski definition) is 1. The van der Waals surface area contributed by atoms with Crippen molar-refractivity contribution in [3.8, 4) is 11.5 Å². The van der Waals surface area contributed by atoms with E-state index in [4.69, 9.17) is 15.2 Å². The highest BCUT2D eigenvalue weighted by Crippen LogP contribution is 2.29. The number of nitrogens with two attached hydrogens (primary N) is 1. The van der Waals surface area contributed by atoms with E-state index in [1.165, 1.54) is 69.8 Å². The highest BCUT2D eigenvalue weighted by Gasteiger charge is 2.09. The molecule has 1 aromatic rings. The van der Waals surface area contributed by atoms with Gasteiger partial charge in [-0.25, -0.2) is 0 Å². The van der Waals surface area contributed by atoms with Gasteiger partial charge in [0.25, 0.3) is 0 Å². The summed E-state index contributed by atoms with van der Waals surface area (Å²) in [7, 11) is 0. The van der Waals surface area contributed by atoms with Gasteiger partial charge in [0.05, 0.1) is 13.2 Å². The summed E-state index contributed by atoms with van der Waals surface area (Å²) in [5, 5.41) is 0. The van der Waals surface area contributed by atoms with Crippen molar-refractivity contribution in [2.45, 2.75) is 117 Å². The van der Waals surface area contributed by atoms with Crippen molar-refractivity contribution in [2.24, 2.45) is 5.73 Å². The van der Waals surface area contributed by atoms with Gasteiger partial charge in [-0.1, -0.05) is 91.0 Å². The topological polar surface area (TPSA) is 44.5 Å². The molecule has 0 fully saturated rings. The van der Waals surface area contributed by atoms with E-state index in [-0.39, 0.29) is 6.04 Å². The van der Waals surface area contributed by atoms with Crippen LogP contribution in [0, 0.1) is 0 Å². The van der Waals surface area contributed by atoms with Crippen LogP contribution in [0.25, 0.3) is 0 Å². The average Bonchev–Trinajstić information content (AvgIpc) is 2.73. The summed E-state index contributed by atoms with van der Waals surface area (Å²) in [5.74, 6) is 1.78. The van der Waals surface area contributed by atoms with Gasteiger partial charge >= 0.3 is 0 Å². The zero-order valence-electron chi connectivity index (χ0n) is 19.5. The summed E-state index contributed by atoms with van der Waals surface area (Å²) in [6.45, 7) is 8.19. The van der Waals surface area contributed by atoms with Gasteiger partial charge in [-0.2, -0.15) is 0 Å². The third kappa shape index (κ3) is 12.8. The van der Waals surface area contributed by atoms with E-state index in [0.717, 1.165) is 50.4 Å². The molecular formula is C26H47NO2. The summed E-state index contributed by atoms with van der Waals surface area (Å²) >= 11 is 0. The summed E-state index contributed by atoms with van der Waals surface area (Å²) in [4.78, 5) is 0. The van der Waals surface area contributed by atoms with Crippen molar-refractivity contribution in [1.29, 1.82) is 0 Å². The van der Waals surface area contributed by atoms with Gasteiger partial charge in [-0.15, -0.1) is 0 Å². The van der Waals surface area contributed by atoms with Crippen molar-refractivity contribution in [2.75, 3.05) is 13.2 Å². The average molecular weight is 406 g/mol. The van der Waals surface area contributed by atoms with Crippen LogP contribution in [-0.2, 0) is 6.42 Å². The molecule has 1 rings (SSSR count). The van der Waals surface area contributed by atoms with Gasteiger partial charge in [0.1, 0.15) is 0 Å². The zero-order chi connectivity index (χ0) is 21.2. The fraction of sp³-hybridized carbons (Fsp3) is 0.769. The van der Waals surface area contributed by atoms with Gasteiger partial charge in [0.2, 0.25) is 0 Å². The molecule has 3 nitrogen and oxygen atoms in total. The summed E-state index contributed by atoms with van der Waals surface area (Å²) in [6.07, 6.45) is 17.2. The lowest BCUT2D eigenvalue weighted by Gasteiger charge is -2.16. The predicted molar refractivity (Wildman–Crippen MR) is 126 cm³/mol. The largest absolute Gasteiger partial charge is 0.490 e. The maximum absolute atomic E-state index is 6.15. The Bertz CT molecular complexity index is 503. The molecule has 2 N–H and O–H groups in total. The van der Waals surface area contributed by atoms with Crippen molar-refractivity contribution < 1.29 is 9.47 Å². The summed E-state index contributed by atoms with van der Waals surface area (Å²) in [5.41, 5.74) is 7.39. The summed E-state index contributed by atoms with van der Waals surface area (Å²) in [6, 6.07) is 6.56. The van der Waals surface area contributed by atoms with Crippen LogP contribution in [-0.4, -0.2) is 19.3 Å². The normalized spacial score (nSPS) is 12.1. The number of unbranched alkanes of at least 4 members (excludes halogenated alkanes) is 10. The first kappa shape index (κ1) is 25.8. The van der Waals surface area contributed by atoms with Gasteiger partial charge in [0, 0.05) is 6.04 Å². The van der Waals surface area contributed by atoms with Crippen LogP contribution in [0.15, 0.2) is 18.2 Å². The second-order valence-corrected chi connectivity index (χ2v) is 8.39. The minimum Gasteiger partial charge on any atom is -0.490 e. The van der Waals surface area contributed by atoms with E-state index < -0.39 is 0 Å². The highest BCUT2D eigenvalue weighted by molar-refractivity contribution is 5.43. The standard InChI is InChI=1S/C26H47NO2/c1-4-7-9-11-13-15-19-28-25-18-17-23(21-24(27)6-3)22-26(25)29-20-16-14-12-10-8-5-2/h17-18,22,24H,4-16,19-21,27H2,1-3H3. The SMILES string of the molecule is CCCCCCCCOc1ccc(CC(N)CC)cc1OCCCCCCCC.